The maximum Gasteiger partial charge on any atom is 0.190 e. The van der Waals surface area contributed by atoms with Gasteiger partial charge in [-0.3, -0.25) is 0 Å². The molecular formula is C24H19N3O2S2. The predicted octanol–water partition coefficient (Wildman–Crippen LogP) is 6.85. The Morgan fingerprint density at radius 3 is 2.16 bits per heavy atom. The van der Waals surface area contributed by atoms with Crippen molar-refractivity contribution in [1.82, 2.24) is 9.97 Å². The number of methoxy groups -OCH3 is 2. The maximum absolute atomic E-state index is 5.38. The zero-order valence-corrected chi connectivity index (χ0v) is 18.6. The highest BCUT2D eigenvalue weighted by atomic mass is 32.1. The van der Waals surface area contributed by atoms with Crippen LogP contribution in [0.4, 0.5) is 10.3 Å². The van der Waals surface area contributed by atoms with Gasteiger partial charge >= 0.3 is 0 Å². The molecule has 0 fully saturated rings. The summed E-state index contributed by atoms with van der Waals surface area (Å²) in [6.07, 6.45) is 0. The second-order valence-electron chi connectivity index (χ2n) is 6.80. The van der Waals surface area contributed by atoms with E-state index in [1.165, 1.54) is 11.1 Å². The van der Waals surface area contributed by atoms with E-state index in [0.29, 0.717) is 11.5 Å². The fourth-order valence-electron chi connectivity index (χ4n) is 3.33. The third-order valence-corrected chi connectivity index (χ3v) is 6.59. The predicted molar refractivity (Wildman–Crippen MR) is 129 cm³/mol. The Bertz CT molecular complexity index is 1290. The number of fused-ring (bicyclic) bond motifs is 1. The number of nitrogens with one attached hydrogen (secondary N) is 1. The Hall–Kier alpha value is -3.42. The van der Waals surface area contributed by atoms with Gasteiger partial charge in [-0.2, -0.15) is 0 Å². The van der Waals surface area contributed by atoms with E-state index in [1.54, 1.807) is 36.9 Å². The van der Waals surface area contributed by atoms with Crippen LogP contribution in [0.15, 0.2) is 72.1 Å². The molecule has 5 rings (SSSR count). The lowest BCUT2D eigenvalue weighted by Crippen LogP contribution is -1.90. The van der Waals surface area contributed by atoms with Crippen LogP contribution in [0.3, 0.4) is 0 Å². The van der Waals surface area contributed by atoms with Gasteiger partial charge in [0.15, 0.2) is 21.8 Å². The molecule has 0 amide bonds. The number of anilines is 2. The topological polar surface area (TPSA) is 56.3 Å². The second-order valence-corrected chi connectivity index (χ2v) is 8.69. The van der Waals surface area contributed by atoms with E-state index >= 15 is 0 Å². The SMILES string of the molecule is COc1cc2nc(Nc3nc(-c4ccc(-c5ccccc5)cc4)cs3)sc2cc1OC. The van der Waals surface area contributed by atoms with Crippen LogP contribution in [0.25, 0.3) is 32.6 Å². The van der Waals surface area contributed by atoms with Crippen LogP contribution in [0.2, 0.25) is 0 Å². The van der Waals surface area contributed by atoms with Gasteiger partial charge in [0.1, 0.15) is 0 Å². The first-order valence-electron chi connectivity index (χ1n) is 9.64. The number of nitrogens with zero attached hydrogens (tertiary/aromatic N) is 2. The van der Waals surface area contributed by atoms with E-state index < -0.39 is 0 Å². The molecule has 0 saturated heterocycles. The fourth-order valence-corrected chi connectivity index (χ4v) is 4.99. The summed E-state index contributed by atoms with van der Waals surface area (Å²) in [4.78, 5) is 9.40. The molecule has 0 radical (unpaired) electrons. The van der Waals surface area contributed by atoms with E-state index in [2.05, 4.69) is 64.2 Å². The molecule has 0 atom stereocenters. The van der Waals surface area contributed by atoms with Crippen LogP contribution in [0.5, 0.6) is 11.5 Å². The summed E-state index contributed by atoms with van der Waals surface area (Å²) < 4.78 is 11.8. The fraction of sp³-hybridized carbons (Fsp3) is 0.0833. The molecule has 0 bridgehead atoms. The van der Waals surface area contributed by atoms with E-state index in [4.69, 9.17) is 14.5 Å². The van der Waals surface area contributed by atoms with Gasteiger partial charge < -0.3 is 14.8 Å². The van der Waals surface area contributed by atoms with Crippen molar-refractivity contribution in [3.8, 4) is 33.9 Å². The average molecular weight is 446 g/mol. The molecule has 2 heterocycles. The van der Waals surface area contributed by atoms with Crippen molar-refractivity contribution >= 4 is 43.2 Å². The molecule has 154 valence electrons. The summed E-state index contributed by atoms with van der Waals surface area (Å²) in [5.74, 6) is 1.36. The van der Waals surface area contributed by atoms with Crippen molar-refractivity contribution in [1.29, 1.82) is 0 Å². The van der Waals surface area contributed by atoms with E-state index in [9.17, 15) is 0 Å². The van der Waals surface area contributed by atoms with Crippen molar-refractivity contribution < 1.29 is 9.47 Å². The zero-order chi connectivity index (χ0) is 21.2. The Morgan fingerprint density at radius 2 is 1.42 bits per heavy atom. The molecule has 0 aliphatic heterocycles. The van der Waals surface area contributed by atoms with Crippen LogP contribution in [0, 0.1) is 0 Å². The number of rotatable bonds is 6. The molecule has 5 nitrogen and oxygen atoms in total. The van der Waals surface area contributed by atoms with Crippen molar-refractivity contribution in [2.24, 2.45) is 0 Å². The summed E-state index contributed by atoms with van der Waals surface area (Å²) in [6.45, 7) is 0. The molecule has 0 spiro atoms. The smallest absolute Gasteiger partial charge is 0.190 e. The molecular weight excluding hydrogens is 426 g/mol. The second kappa shape index (κ2) is 8.37. The van der Waals surface area contributed by atoms with E-state index in [0.717, 1.165) is 31.7 Å². The van der Waals surface area contributed by atoms with Gasteiger partial charge in [0.2, 0.25) is 0 Å². The first kappa shape index (κ1) is 19.5. The van der Waals surface area contributed by atoms with Crippen LogP contribution in [0.1, 0.15) is 0 Å². The summed E-state index contributed by atoms with van der Waals surface area (Å²) in [5.41, 5.74) is 5.29. The minimum absolute atomic E-state index is 0.669. The minimum atomic E-state index is 0.669. The normalized spacial score (nSPS) is 10.9. The molecule has 0 aliphatic carbocycles. The highest BCUT2D eigenvalue weighted by molar-refractivity contribution is 7.22. The largest absolute Gasteiger partial charge is 0.493 e. The Balaban J connectivity index is 1.36. The molecule has 0 saturated carbocycles. The minimum Gasteiger partial charge on any atom is -0.493 e. The number of hydrogen-bond donors (Lipinski definition) is 1. The molecule has 7 heteroatoms. The third-order valence-electron chi connectivity index (χ3n) is 4.90. The summed E-state index contributed by atoms with van der Waals surface area (Å²) in [7, 11) is 3.26. The Kier molecular flexibility index (Phi) is 5.28. The zero-order valence-electron chi connectivity index (χ0n) is 17.0. The lowest BCUT2D eigenvalue weighted by molar-refractivity contribution is 0.356. The highest BCUT2D eigenvalue weighted by Gasteiger charge is 2.12. The molecule has 1 N–H and O–H groups in total. The first-order chi connectivity index (χ1) is 15.2. The molecule has 0 unspecified atom stereocenters. The highest BCUT2D eigenvalue weighted by Crippen LogP contribution is 2.37. The number of benzene rings is 3. The molecule has 2 aromatic heterocycles. The van der Waals surface area contributed by atoms with Crippen LogP contribution >= 0.6 is 22.7 Å². The van der Waals surface area contributed by atoms with Gasteiger partial charge in [0.05, 0.1) is 30.1 Å². The molecule has 31 heavy (non-hydrogen) atoms. The van der Waals surface area contributed by atoms with Gasteiger partial charge in [-0.05, 0) is 11.1 Å². The van der Waals surface area contributed by atoms with Crippen LogP contribution < -0.4 is 14.8 Å². The molecule has 3 aromatic carbocycles. The summed E-state index contributed by atoms with van der Waals surface area (Å²) in [5, 5.41) is 6.97. The quantitative estimate of drug-likeness (QED) is 0.310. The summed E-state index contributed by atoms with van der Waals surface area (Å²) in [6, 6.07) is 22.7. The lowest BCUT2D eigenvalue weighted by atomic mass is 10.0. The number of thiazole rings is 2. The Labute approximate surface area is 188 Å². The van der Waals surface area contributed by atoms with Gasteiger partial charge in [-0.25, -0.2) is 9.97 Å². The molecule has 0 aliphatic rings. The average Bonchev–Trinajstić information content (AvgIpc) is 3.45. The van der Waals surface area contributed by atoms with Gasteiger partial charge in [-0.15, -0.1) is 11.3 Å². The maximum atomic E-state index is 5.38. The van der Waals surface area contributed by atoms with Gasteiger partial charge in [0.25, 0.3) is 0 Å². The van der Waals surface area contributed by atoms with E-state index in [-0.39, 0.29) is 0 Å². The molecule has 5 aromatic rings. The van der Waals surface area contributed by atoms with Crippen molar-refractivity contribution in [3.63, 3.8) is 0 Å². The van der Waals surface area contributed by atoms with Crippen molar-refractivity contribution in [3.05, 3.63) is 72.1 Å². The number of hydrogen-bond acceptors (Lipinski definition) is 7. The first-order valence-corrected chi connectivity index (χ1v) is 11.3. The number of ether oxygens (including phenoxy) is 2. The summed E-state index contributed by atoms with van der Waals surface area (Å²) >= 11 is 3.11. The van der Waals surface area contributed by atoms with Gasteiger partial charge in [0, 0.05) is 23.1 Å². The third kappa shape index (κ3) is 3.97. The van der Waals surface area contributed by atoms with Crippen LogP contribution in [-0.2, 0) is 0 Å². The standard InChI is InChI=1S/C24H19N3O2S2/c1-28-20-12-18-22(13-21(20)29-2)31-24(25-18)27-23-26-19(14-30-23)17-10-8-16(9-11-17)15-6-4-3-5-7-15/h3-14H,1-2H3,(H,25,26,27). The lowest BCUT2D eigenvalue weighted by Gasteiger charge is -2.05. The monoisotopic (exact) mass is 445 g/mol. The van der Waals surface area contributed by atoms with Gasteiger partial charge in [-0.1, -0.05) is 65.9 Å². The van der Waals surface area contributed by atoms with Crippen molar-refractivity contribution in [2.45, 2.75) is 0 Å². The van der Waals surface area contributed by atoms with Crippen LogP contribution in [-0.4, -0.2) is 24.2 Å². The van der Waals surface area contributed by atoms with Crippen molar-refractivity contribution in [2.75, 3.05) is 19.5 Å². The van der Waals surface area contributed by atoms with E-state index in [1.807, 2.05) is 18.2 Å². The Morgan fingerprint density at radius 1 is 0.742 bits per heavy atom. The number of aromatic nitrogens is 2.